The van der Waals surface area contributed by atoms with Gasteiger partial charge in [0.15, 0.2) is 0 Å². The van der Waals surface area contributed by atoms with Crippen LogP contribution in [0.4, 0.5) is 10.1 Å². The summed E-state index contributed by atoms with van der Waals surface area (Å²) in [5.74, 6) is -0.784. The summed E-state index contributed by atoms with van der Waals surface area (Å²) in [6.07, 6.45) is 0. The fourth-order valence-corrected chi connectivity index (χ4v) is 4.40. The topological polar surface area (TPSA) is 66.5 Å². The average molecular weight is 447 g/mol. The second-order valence-electron chi connectivity index (χ2n) is 6.63. The van der Waals surface area contributed by atoms with Gasteiger partial charge >= 0.3 is 0 Å². The van der Waals surface area contributed by atoms with Crippen molar-refractivity contribution in [1.29, 1.82) is 0 Å². The molecule has 0 aliphatic carbocycles. The van der Waals surface area contributed by atoms with E-state index in [9.17, 15) is 17.6 Å². The molecule has 0 saturated carbocycles. The van der Waals surface area contributed by atoms with Gasteiger partial charge < -0.3 is 5.32 Å². The molecule has 3 rings (SSSR count). The SMILES string of the molecule is Cc1ccc(C(=O)NCCN(c2ccc(F)cc2)S(=O)(=O)c2ccc(Cl)cc2)cc1. The van der Waals surface area contributed by atoms with Crippen molar-refractivity contribution in [2.75, 3.05) is 17.4 Å². The number of nitrogens with zero attached hydrogens (tertiary/aromatic N) is 1. The summed E-state index contributed by atoms with van der Waals surface area (Å²) >= 11 is 5.86. The van der Waals surface area contributed by atoms with Crippen LogP contribution in [0.25, 0.3) is 0 Å². The Morgan fingerprint density at radius 3 is 2.17 bits per heavy atom. The van der Waals surface area contributed by atoms with Crippen LogP contribution in [0.15, 0.2) is 77.7 Å². The highest BCUT2D eigenvalue weighted by Gasteiger charge is 2.25. The maximum Gasteiger partial charge on any atom is 0.264 e. The summed E-state index contributed by atoms with van der Waals surface area (Å²) in [4.78, 5) is 12.4. The Labute approximate surface area is 180 Å². The quantitative estimate of drug-likeness (QED) is 0.584. The molecule has 0 fully saturated rings. The average Bonchev–Trinajstić information content (AvgIpc) is 2.72. The van der Waals surface area contributed by atoms with Crippen LogP contribution in [-0.4, -0.2) is 27.4 Å². The van der Waals surface area contributed by atoms with E-state index in [-0.39, 0.29) is 29.6 Å². The zero-order valence-corrected chi connectivity index (χ0v) is 17.8. The molecule has 1 N–H and O–H groups in total. The first-order chi connectivity index (χ1) is 14.3. The predicted octanol–water partition coefficient (Wildman–Crippen LogP) is 4.41. The highest BCUT2D eigenvalue weighted by molar-refractivity contribution is 7.92. The number of carbonyl (C=O) groups is 1. The van der Waals surface area contributed by atoms with Crippen molar-refractivity contribution in [3.8, 4) is 0 Å². The highest BCUT2D eigenvalue weighted by atomic mass is 35.5. The first-order valence-corrected chi connectivity index (χ1v) is 11.0. The molecular formula is C22H20ClFN2O3S. The van der Waals surface area contributed by atoms with Crippen LogP contribution in [0.2, 0.25) is 5.02 Å². The third-order valence-electron chi connectivity index (χ3n) is 4.43. The molecule has 0 aliphatic rings. The van der Waals surface area contributed by atoms with Crippen molar-refractivity contribution in [1.82, 2.24) is 5.32 Å². The van der Waals surface area contributed by atoms with Crippen molar-refractivity contribution in [3.63, 3.8) is 0 Å². The fraction of sp³-hybridized carbons (Fsp3) is 0.136. The number of sulfonamides is 1. The third kappa shape index (κ3) is 5.17. The molecule has 0 atom stereocenters. The smallest absolute Gasteiger partial charge is 0.264 e. The number of nitrogens with one attached hydrogen (secondary N) is 1. The molecule has 1 amide bonds. The molecule has 0 saturated heterocycles. The van der Waals surface area contributed by atoms with E-state index in [1.165, 1.54) is 48.5 Å². The monoisotopic (exact) mass is 446 g/mol. The summed E-state index contributed by atoms with van der Waals surface area (Å²) in [7, 11) is -3.95. The van der Waals surface area contributed by atoms with Crippen molar-refractivity contribution in [2.24, 2.45) is 0 Å². The van der Waals surface area contributed by atoms with E-state index >= 15 is 0 Å². The number of halogens is 2. The van der Waals surface area contributed by atoms with Crippen molar-refractivity contribution >= 4 is 33.2 Å². The number of hydrogen-bond donors (Lipinski definition) is 1. The molecule has 5 nitrogen and oxygen atoms in total. The Morgan fingerprint density at radius 2 is 1.57 bits per heavy atom. The lowest BCUT2D eigenvalue weighted by Gasteiger charge is -2.25. The highest BCUT2D eigenvalue weighted by Crippen LogP contribution is 2.24. The van der Waals surface area contributed by atoms with E-state index in [1.807, 2.05) is 19.1 Å². The zero-order chi connectivity index (χ0) is 21.7. The van der Waals surface area contributed by atoms with Gasteiger partial charge in [0, 0.05) is 17.1 Å². The summed E-state index contributed by atoms with van der Waals surface area (Å²) in [6.45, 7) is 1.95. The normalized spacial score (nSPS) is 11.2. The van der Waals surface area contributed by atoms with E-state index in [0.717, 1.165) is 9.87 Å². The lowest BCUT2D eigenvalue weighted by Crippen LogP contribution is -2.38. The first-order valence-electron chi connectivity index (χ1n) is 9.16. The minimum atomic E-state index is -3.95. The summed E-state index contributed by atoms with van der Waals surface area (Å²) in [5, 5.41) is 3.13. The van der Waals surface area contributed by atoms with Crippen molar-refractivity contribution in [2.45, 2.75) is 11.8 Å². The van der Waals surface area contributed by atoms with Gasteiger partial charge in [-0.3, -0.25) is 9.10 Å². The molecule has 0 heterocycles. The molecule has 3 aromatic carbocycles. The van der Waals surface area contributed by atoms with Gasteiger partial charge in [-0.15, -0.1) is 0 Å². The van der Waals surface area contributed by atoms with Crippen molar-refractivity contribution < 1.29 is 17.6 Å². The second kappa shape index (κ2) is 9.28. The third-order valence-corrected chi connectivity index (χ3v) is 6.52. The van der Waals surface area contributed by atoms with Crippen LogP contribution < -0.4 is 9.62 Å². The largest absolute Gasteiger partial charge is 0.350 e. The molecule has 0 aliphatic heterocycles. The molecule has 30 heavy (non-hydrogen) atoms. The minimum absolute atomic E-state index is 0.0335. The van der Waals surface area contributed by atoms with Crippen LogP contribution in [0.1, 0.15) is 15.9 Å². The van der Waals surface area contributed by atoms with Gasteiger partial charge in [0.05, 0.1) is 17.1 Å². The van der Waals surface area contributed by atoms with E-state index in [2.05, 4.69) is 5.32 Å². The number of hydrogen-bond acceptors (Lipinski definition) is 3. The maximum atomic E-state index is 13.3. The van der Waals surface area contributed by atoms with Crippen LogP contribution in [0.3, 0.4) is 0 Å². The van der Waals surface area contributed by atoms with Gasteiger partial charge in [0.2, 0.25) is 0 Å². The second-order valence-corrected chi connectivity index (χ2v) is 8.93. The fourth-order valence-electron chi connectivity index (χ4n) is 2.81. The molecule has 156 valence electrons. The van der Waals surface area contributed by atoms with Gasteiger partial charge in [0.25, 0.3) is 15.9 Å². The minimum Gasteiger partial charge on any atom is -0.350 e. The molecule has 8 heteroatoms. The summed E-state index contributed by atoms with van der Waals surface area (Å²) < 4.78 is 40.9. The van der Waals surface area contributed by atoms with Gasteiger partial charge in [-0.25, -0.2) is 12.8 Å². The maximum absolute atomic E-state index is 13.3. The zero-order valence-electron chi connectivity index (χ0n) is 16.2. The Morgan fingerprint density at radius 1 is 0.967 bits per heavy atom. The van der Waals surface area contributed by atoms with E-state index in [4.69, 9.17) is 11.6 Å². The Bertz CT molecular complexity index is 1120. The molecular weight excluding hydrogens is 427 g/mol. The molecule has 0 unspecified atom stereocenters. The molecule has 3 aromatic rings. The Kier molecular flexibility index (Phi) is 6.74. The number of carbonyl (C=O) groups excluding carboxylic acids is 1. The van der Waals surface area contributed by atoms with Crippen molar-refractivity contribution in [3.05, 3.63) is 94.8 Å². The molecule has 0 spiro atoms. The molecule has 0 radical (unpaired) electrons. The van der Waals surface area contributed by atoms with Crippen LogP contribution in [0.5, 0.6) is 0 Å². The summed E-state index contributed by atoms with van der Waals surface area (Å²) in [6, 6.07) is 17.9. The number of rotatable bonds is 7. The number of anilines is 1. The van der Waals surface area contributed by atoms with Crippen LogP contribution in [0, 0.1) is 12.7 Å². The lowest BCUT2D eigenvalue weighted by molar-refractivity contribution is 0.0955. The number of aryl methyl sites for hydroxylation is 1. The standard InChI is InChI=1S/C22H20ClFN2O3S/c1-16-2-4-17(5-3-16)22(27)25-14-15-26(20-10-8-19(24)9-11-20)30(28,29)21-12-6-18(23)7-13-21/h2-13H,14-15H2,1H3,(H,25,27). The molecule has 0 aromatic heterocycles. The predicted molar refractivity (Wildman–Crippen MR) is 116 cm³/mol. The van der Waals surface area contributed by atoms with Gasteiger partial charge in [-0.1, -0.05) is 29.3 Å². The van der Waals surface area contributed by atoms with E-state index in [1.54, 1.807) is 12.1 Å². The van der Waals surface area contributed by atoms with Gasteiger partial charge in [-0.05, 0) is 67.6 Å². The first kappa shape index (κ1) is 21.8. The lowest BCUT2D eigenvalue weighted by atomic mass is 10.1. The number of amides is 1. The summed E-state index contributed by atoms with van der Waals surface area (Å²) in [5.41, 5.74) is 1.80. The Balaban J connectivity index is 1.81. The molecule has 0 bridgehead atoms. The van der Waals surface area contributed by atoms with Crippen LogP contribution >= 0.6 is 11.6 Å². The van der Waals surface area contributed by atoms with E-state index in [0.29, 0.717) is 10.6 Å². The van der Waals surface area contributed by atoms with Crippen LogP contribution in [-0.2, 0) is 10.0 Å². The van der Waals surface area contributed by atoms with Gasteiger partial charge in [-0.2, -0.15) is 0 Å². The van der Waals surface area contributed by atoms with Gasteiger partial charge in [0.1, 0.15) is 5.82 Å². The Hall–Kier alpha value is -2.90. The van der Waals surface area contributed by atoms with E-state index < -0.39 is 15.8 Å². The number of benzene rings is 3.